The van der Waals surface area contributed by atoms with Crippen LogP contribution < -0.4 is 15.7 Å². The summed E-state index contributed by atoms with van der Waals surface area (Å²) in [5.41, 5.74) is 3.49. The molecule has 1 amide bonds. The third-order valence-corrected chi connectivity index (χ3v) is 3.62. The molecular weight excluding hydrogens is 320 g/mol. The Labute approximate surface area is 143 Å². The fraction of sp³-hybridized carbons (Fsp3) is 0.111. The molecule has 1 heterocycles. The average molecular weight is 336 g/mol. The van der Waals surface area contributed by atoms with Crippen molar-refractivity contribution in [2.24, 2.45) is 5.10 Å². The number of fused-ring (bicyclic) bond motifs is 1. The highest BCUT2D eigenvalue weighted by Crippen LogP contribution is 2.12. The van der Waals surface area contributed by atoms with E-state index in [9.17, 15) is 9.59 Å². The predicted octanol–water partition coefficient (Wildman–Crippen LogP) is 1.62. The van der Waals surface area contributed by atoms with Gasteiger partial charge in [0.15, 0.2) is 0 Å². The van der Waals surface area contributed by atoms with Gasteiger partial charge in [-0.2, -0.15) is 10.2 Å². The number of aromatic nitrogens is 2. The van der Waals surface area contributed by atoms with Crippen LogP contribution in [0.3, 0.4) is 0 Å². The number of benzene rings is 2. The van der Waals surface area contributed by atoms with Gasteiger partial charge in [0.25, 0.3) is 5.56 Å². The number of hydrazone groups is 1. The molecule has 7 heteroatoms. The number of rotatable bonds is 5. The van der Waals surface area contributed by atoms with Crippen molar-refractivity contribution in [1.82, 2.24) is 15.6 Å². The van der Waals surface area contributed by atoms with Crippen LogP contribution in [0.25, 0.3) is 10.8 Å². The Bertz CT molecular complexity index is 978. The highest BCUT2D eigenvalue weighted by Gasteiger charge is 2.09. The number of methoxy groups -OCH3 is 1. The van der Waals surface area contributed by atoms with Crippen molar-refractivity contribution in [1.29, 1.82) is 0 Å². The molecule has 25 heavy (non-hydrogen) atoms. The summed E-state index contributed by atoms with van der Waals surface area (Å²) in [7, 11) is 1.60. The molecular formula is C18H16N4O3. The summed E-state index contributed by atoms with van der Waals surface area (Å²) in [6.45, 7) is 0. The first kappa shape index (κ1) is 16.4. The average Bonchev–Trinajstić information content (AvgIpc) is 2.65. The van der Waals surface area contributed by atoms with Gasteiger partial charge in [-0.25, -0.2) is 10.5 Å². The second-order valence-electron chi connectivity index (χ2n) is 5.29. The van der Waals surface area contributed by atoms with Crippen LogP contribution in [-0.2, 0) is 11.2 Å². The molecule has 0 fully saturated rings. The van der Waals surface area contributed by atoms with Gasteiger partial charge in [0.2, 0.25) is 5.91 Å². The van der Waals surface area contributed by atoms with E-state index in [1.807, 2.05) is 12.1 Å². The third-order valence-electron chi connectivity index (χ3n) is 3.62. The number of carbonyl (C=O) groups excluding carboxylic acids is 1. The second kappa shape index (κ2) is 7.39. The van der Waals surface area contributed by atoms with E-state index in [1.165, 1.54) is 6.21 Å². The SMILES string of the molecule is COc1ccc(C=NNC(=O)Cc2n[nH]c(=O)c3ccccc23)cc1. The molecule has 0 unspecified atom stereocenters. The molecule has 0 bridgehead atoms. The van der Waals surface area contributed by atoms with Crippen molar-refractivity contribution in [3.63, 3.8) is 0 Å². The lowest BCUT2D eigenvalue weighted by molar-refractivity contribution is -0.120. The molecule has 0 aliphatic carbocycles. The Morgan fingerprint density at radius 1 is 1.20 bits per heavy atom. The van der Waals surface area contributed by atoms with Gasteiger partial charge in [-0.1, -0.05) is 18.2 Å². The van der Waals surface area contributed by atoms with Gasteiger partial charge in [0.05, 0.1) is 30.8 Å². The minimum atomic E-state index is -0.325. The van der Waals surface area contributed by atoms with Crippen molar-refractivity contribution in [3.8, 4) is 5.75 Å². The van der Waals surface area contributed by atoms with Gasteiger partial charge in [0, 0.05) is 5.39 Å². The van der Waals surface area contributed by atoms with Crippen molar-refractivity contribution in [2.45, 2.75) is 6.42 Å². The molecule has 3 aromatic rings. The maximum Gasteiger partial charge on any atom is 0.272 e. The number of H-pyrrole nitrogens is 1. The van der Waals surface area contributed by atoms with Gasteiger partial charge in [-0.05, 0) is 35.9 Å². The lowest BCUT2D eigenvalue weighted by Gasteiger charge is -2.04. The molecule has 0 aliphatic heterocycles. The Morgan fingerprint density at radius 2 is 1.92 bits per heavy atom. The van der Waals surface area contributed by atoms with Gasteiger partial charge in [-0.3, -0.25) is 9.59 Å². The van der Waals surface area contributed by atoms with Crippen molar-refractivity contribution < 1.29 is 9.53 Å². The van der Waals surface area contributed by atoms with E-state index < -0.39 is 0 Å². The highest BCUT2D eigenvalue weighted by molar-refractivity contribution is 5.89. The van der Waals surface area contributed by atoms with Crippen LogP contribution in [0.1, 0.15) is 11.3 Å². The predicted molar refractivity (Wildman–Crippen MR) is 94.8 cm³/mol. The Morgan fingerprint density at radius 3 is 2.64 bits per heavy atom. The van der Waals surface area contributed by atoms with E-state index in [0.717, 1.165) is 11.3 Å². The number of carbonyl (C=O) groups is 1. The lowest BCUT2D eigenvalue weighted by Crippen LogP contribution is -2.22. The minimum Gasteiger partial charge on any atom is -0.497 e. The van der Waals surface area contributed by atoms with Crippen LogP contribution >= 0.6 is 0 Å². The summed E-state index contributed by atoms with van der Waals surface area (Å²) in [6.07, 6.45) is 1.55. The van der Waals surface area contributed by atoms with Crippen molar-refractivity contribution in [2.75, 3.05) is 7.11 Å². The number of hydrogen-bond donors (Lipinski definition) is 2. The van der Waals surface area contributed by atoms with Gasteiger partial charge >= 0.3 is 0 Å². The zero-order valence-corrected chi connectivity index (χ0v) is 13.5. The molecule has 7 nitrogen and oxygen atoms in total. The molecule has 0 saturated heterocycles. The Kier molecular flexibility index (Phi) is 4.84. The number of hydrogen-bond acceptors (Lipinski definition) is 5. The number of ether oxygens (including phenoxy) is 1. The summed E-state index contributed by atoms with van der Waals surface area (Å²) in [6, 6.07) is 14.3. The van der Waals surface area contributed by atoms with Crippen LogP contribution in [0.2, 0.25) is 0 Å². The number of amides is 1. The smallest absolute Gasteiger partial charge is 0.272 e. The van der Waals surface area contributed by atoms with Gasteiger partial charge in [0.1, 0.15) is 5.75 Å². The van der Waals surface area contributed by atoms with Crippen LogP contribution in [0.15, 0.2) is 58.4 Å². The minimum absolute atomic E-state index is 0.0112. The van der Waals surface area contributed by atoms with E-state index in [2.05, 4.69) is 20.7 Å². The first-order valence-electron chi connectivity index (χ1n) is 7.59. The maximum atomic E-state index is 12.1. The molecule has 0 spiro atoms. The number of nitrogens with zero attached hydrogens (tertiary/aromatic N) is 2. The second-order valence-corrected chi connectivity index (χ2v) is 5.29. The molecule has 2 aromatic carbocycles. The van der Waals surface area contributed by atoms with E-state index in [1.54, 1.807) is 43.5 Å². The largest absolute Gasteiger partial charge is 0.497 e. The fourth-order valence-electron chi connectivity index (χ4n) is 2.37. The fourth-order valence-corrected chi connectivity index (χ4v) is 2.37. The lowest BCUT2D eigenvalue weighted by atomic mass is 10.1. The van der Waals surface area contributed by atoms with E-state index in [4.69, 9.17) is 4.74 Å². The summed E-state index contributed by atoms with van der Waals surface area (Å²) in [4.78, 5) is 23.8. The first-order valence-corrected chi connectivity index (χ1v) is 7.59. The molecule has 0 saturated carbocycles. The summed E-state index contributed by atoms with van der Waals surface area (Å²) in [5.74, 6) is 0.423. The summed E-state index contributed by atoms with van der Waals surface area (Å²) >= 11 is 0. The standard InChI is InChI=1S/C18H16N4O3/c1-25-13-8-6-12(7-9-13)11-19-21-17(23)10-16-14-4-2-3-5-15(14)18(24)22-20-16/h2-9,11H,10H2,1H3,(H,21,23)(H,22,24). The Hall–Kier alpha value is -3.48. The molecule has 1 aromatic heterocycles. The summed E-state index contributed by atoms with van der Waals surface area (Å²) in [5, 5.41) is 11.5. The van der Waals surface area contributed by atoms with Crippen LogP contribution in [-0.4, -0.2) is 29.4 Å². The monoisotopic (exact) mass is 336 g/mol. The topological polar surface area (TPSA) is 96.4 Å². The molecule has 0 atom stereocenters. The normalized spacial score (nSPS) is 10.9. The molecule has 3 rings (SSSR count). The third kappa shape index (κ3) is 3.89. The molecule has 126 valence electrons. The molecule has 2 N–H and O–H groups in total. The van der Waals surface area contributed by atoms with Crippen molar-refractivity contribution >= 4 is 22.9 Å². The molecule has 0 radical (unpaired) electrons. The molecule has 0 aliphatic rings. The quantitative estimate of drug-likeness (QED) is 0.547. The number of nitrogens with one attached hydrogen (secondary N) is 2. The number of aromatic amines is 1. The van der Waals surface area contributed by atoms with Crippen LogP contribution in [0.4, 0.5) is 0 Å². The zero-order chi connectivity index (χ0) is 17.6. The maximum absolute atomic E-state index is 12.1. The Balaban J connectivity index is 1.67. The van der Waals surface area contributed by atoms with Crippen LogP contribution in [0, 0.1) is 0 Å². The van der Waals surface area contributed by atoms with Gasteiger partial charge in [-0.15, -0.1) is 0 Å². The first-order chi connectivity index (χ1) is 12.2. The van der Waals surface area contributed by atoms with Crippen LogP contribution in [0.5, 0.6) is 5.75 Å². The van der Waals surface area contributed by atoms with Crippen molar-refractivity contribution in [3.05, 3.63) is 70.1 Å². The van der Waals surface area contributed by atoms with E-state index in [-0.39, 0.29) is 17.9 Å². The zero-order valence-electron chi connectivity index (χ0n) is 13.5. The van der Waals surface area contributed by atoms with E-state index >= 15 is 0 Å². The summed E-state index contributed by atoms with van der Waals surface area (Å²) < 4.78 is 5.08. The highest BCUT2D eigenvalue weighted by atomic mass is 16.5. The van der Waals surface area contributed by atoms with Gasteiger partial charge < -0.3 is 4.74 Å². The van der Waals surface area contributed by atoms with E-state index in [0.29, 0.717) is 16.5 Å².